The molecule has 1 aromatic carbocycles. The molecule has 18 heavy (non-hydrogen) atoms. The summed E-state index contributed by atoms with van der Waals surface area (Å²) in [6.45, 7) is 4.84. The van der Waals surface area contributed by atoms with Crippen molar-refractivity contribution in [3.63, 3.8) is 0 Å². The van der Waals surface area contributed by atoms with E-state index >= 15 is 0 Å². The standard InChI is InChI=1S/C12H16BrNO3S/c1-12(2,3)18(15,16)14-8-9-5-6-10(13)11(7-9)17-4/h5-8H,1-4H3. The summed E-state index contributed by atoms with van der Waals surface area (Å²) in [4.78, 5) is 0. The summed E-state index contributed by atoms with van der Waals surface area (Å²) in [7, 11) is -1.96. The van der Waals surface area contributed by atoms with Gasteiger partial charge in [0.25, 0.3) is 10.0 Å². The van der Waals surface area contributed by atoms with Crippen LogP contribution in [0.4, 0.5) is 0 Å². The first-order valence-electron chi connectivity index (χ1n) is 5.31. The van der Waals surface area contributed by atoms with Gasteiger partial charge in [-0.3, -0.25) is 0 Å². The van der Waals surface area contributed by atoms with E-state index < -0.39 is 14.8 Å². The Morgan fingerprint density at radius 3 is 2.44 bits per heavy atom. The van der Waals surface area contributed by atoms with Crippen LogP contribution in [0.1, 0.15) is 26.3 Å². The highest BCUT2D eigenvalue weighted by molar-refractivity contribution is 9.10. The van der Waals surface area contributed by atoms with Crippen LogP contribution in [0.5, 0.6) is 5.75 Å². The molecule has 1 rings (SSSR count). The number of methoxy groups -OCH3 is 1. The summed E-state index contributed by atoms with van der Waals surface area (Å²) in [6, 6.07) is 5.25. The van der Waals surface area contributed by atoms with Gasteiger partial charge in [0.2, 0.25) is 0 Å². The molecule has 100 valence electrons. The Balaban J connectivity index is 3.06. The average Bonchev–Trinajstić information content (AvgIpc) is 2.26. The van der Waals surface area contributed by atoms with Crippen molar-refractivity contribution < 1.29 is 13.2 Å². The molecule has 0 N–H and O–H groups in total. The van der Waals surface area contributed by atoms with Gasteiger partial charge in [-0.2, -0.15) is 4.40 Å². The van der Waals surface area contributed by atoms with Crippen molar-refractivity contribution in [3.8, 4) is 5.75 Å². The van der Waals surface area contributed by atoms with E-state index in [-0.39, 0.29) is 0 Å². The van der Waals surface area contributed by atoms with E-state index in [0.717, 1.165) is 4.47 Å². The second kappa shape index (κ2) is 5.40. The van der Waals surface area contributed by atoms with Gasteiger partial charge in [0.15, 0.2) is 0 Å². The lowest BCUT2D eigenvalue weighted by Gasteiger charge is -2.14. The Labute approximate surface area is 116 Å². The molecule has 0 aliphatic heterocycles. The monoisotopic (exact) mass is 333 g/mol. The first-order valence-corrected chi connectivity index (χ1v) is 7.54. The first kappa shape index (κ1) is 15.2. The van der Waals surface area contributed by atoms with Crippen LogP contribution in [-0.4, -0.2) is 26.5 Å². The highest BCUT2D eigenvalue weighted by atomic mass is 79.9. The molecule has 0 spiro atoms. The van der Waals surface area contributed by atoms with Crippen LogP contribution in [-0.2, 0) is 10.0 Å². The zero-order valence-electron chi connectivity index (χ0n) is 10.8. The molecule has 0 radical (unpaired) electrons. The van der Waals surface area contributed by atoms with Crippen LogP contribution >= 0.6 is 15.9 Å². The van der Waals surface area contributed by atoms with Gasteiger partial charge in [-0.05, 0) is 54.4 Å². The molecule has 0 amide bonds. The second-order valence-corrected chi connectivity index (χ2v) is 7.96. The van der Waals surface area contributed by atoms with E-state index in [2.05, 4.69) is 20.3 Å². The minimum Gasteiger partial charge on any atom is -0.496 e. The van der Waals surface area contributed by atoms with Crippen LogP contribution in [0.25, 0.3) is 0 Å². The van der Waals surface area contributed by atoms with Gasteiger partial charge in [0, 0.05) is 6.21 Å². The van der Waals surface area contributed by atoms with E-state index in [1.807, 2.05) is 0 Å². The third kappa shape index (κ3) is 3.55. The van der Waals surface area contributed by atoms with Crippen LogP contribution in [0.2, 0.25) is 0 Å². The van der Waals surface area contributed by atoms with Gasteiger partial charge < -0.3 is 4.74 Å². The van der Waals surface area contributed by atoms with Crippen molar-refractivity contribution >= 4 is 32.2 Å². The Morgan fingerprint density at radius 1 is 1.33 bits per heavy atom. The van der Waals surface area contributed by atoms with Gasteiger partial charge >= 0.3 is 0 Å². The van der Waals surface area contributed by atoms with Crippen molar-refractivity contribution in [2.45, 2.75) is 25.5 Å². The Bertz CT molecular complexity index is 559. The van der Waals surface area contributed by atoms with Crippen LogP contribution in [0.3, 0.4) is 0 Å². The summed E-state index contributed by atoms with van der Waals surface area (Å²) in [6.07, 6.45) is 1.33. The maximum atomic E-state index is 11.8. The maximum Gasteiger partial charge on any atom is 0.258 e. The lowest BCUT2D eigenvalue weighted by atomic mass is 10.2. The Kier molecular flexibility index (Phi) is 4.55. The molecule has 4 nitrogen and oxygen atoms in total. The fourth-order valence-corrected chi connectivity index (χ4v) is 2.03. The number of benzene rings is 1. The van der Waals surface area contributed by atoms with Crippen molar-refractivity contribution in [3.05, 3.63) is 28.2 Å². The van der Waals surface area contributed by atoms with Gasteiger partial charge in [0.1, 0.15) is 5.75 Å². The van der Waals surface area contributed by atoms with E-state index in [9.17, 15) is 8.42 Å². The molecule has 6 heteroatoms. The molecule has 0 saturated carbocycles. The molecular formula is C12H16BrNO3S. The summed E-state index contributed by atoms with van der Waals surface area (Å²) in [5, 5.41) is 0. The summed E-state index contributed by atoms with van der Waals surface area (Å²) >= 11 is 3.33. The second-order valence-electron chi connectivity index (χ2n) is 4.72. The highest BCUT2D eigenvalue weighted by Gasteiger charge is 2.27. The molecule has 0 heterocycles. The highest BCUT2D eigenvalue weighted by Crippen LogP contribution is 2.25. The quantitative estimate of drug-likeness (QED) is 0.799. The van der Waals surface area contributed by atoms with Gasteiger partial charge in [-0.15, -0.1) is 0 Å². The minimum atomic E-state index is -3.51. The van der Waals surface area contributed by atoms with Gasteiger partial charge in [-0.1, -0.05) is 6.07 Å². The number of ether oxygens (including phenoxy) is 1. The van der Waals surface area contributed by atoms with Crippen LogP contribution < -0.4 is 4.74 Å². The molecule has 0 aliphatic carbocycles. The van der Waals surface area contributed by atoms with Crippen molar-refractivity contribution in [2.24, 2.45) is 4.40 Å². The summed E-state index contributed by atoms with van der Waals surface area (Å²) in [5.74, 6) is 0.632. The fourth-order valence-electron chi connectivity index (χ4n) is 1.05. The zero-order valence-corrected chi connectivity index (χ0v) is 13.2. The molecule has 0 saturated heterocycles. The fraction of sp³-hybridized carbons (Fsp3) is 0.417. The molecule has 0 fully saturated rings. The smallest absolute Gasteiger partial charge is 0.258 e. The molecule has 0 atom stereocenters. The molecule has 0 aromatic heterocycles. The third-order valence-electron chi connectivity index (χ3n) is 2.29. The van der Waals surface area contributed by atoms with Crippen molar-refractivity contribution in [1.82, 2.24) is 0 Å². The molecule has 0 bridgehead atoms. The first-order chi connectivity index (χ1) is 8.17. The van der Waals surface area contributed by atoms with E-state index in [0.29, 0.717) is 11.3 Å². The van der Waals surface area contributed by atoms with Gasteiger partial charge in [-0.25, -0.2) is 8.42 Å². The topological polar surface area (TPSA) is 55.7 Å². The largest absolute Gasteiger partial charge is 0.496 e. The van der Waals surface area contributed by atoms with E-state index in [1.54, 1.807) is 46.1 Å². The number of hydrogen-bond acceptors (Lipinski definition) is 3. The minimum absolute atomic E-state index is 0.632. The third-order valence-corrected chi connectivity index (χ3v) is 4.88. The molecular weight excluding hydrogens is 318 g/mol. The molecule has 0 aliphatic rings. The van der Waals surface area contributed by atoms with Crippen molar-refractivity contribution in [2.75, 3.05) is 7.11 Å². The van der Waals surface area contributed by atoms with E-state index in [1.165, 1.54) is 6.21 Å². The Morgan fingerprint density at radius 2 is 1.94 bits per heavy atom. The number of halogens is 1. The SMILES string of the molecule is COc1cc(C=NS(=O)(=O)C(C)(C)C)ccc1Br. The lowest BCUT2D eigenvalue weighted by Crippen LogP contribution is -2.25. The number of nitrogens with zero attached hydrogens (tertiary/aromatic N) is 1. The normalized spacial score (nSPS) is 12.9. The number of hydrogen-bond donors (Lipinski definition) is 0. The zero-order chi connectivity index (χ0) is 14.0. The summed E-state index contributed by atoms with van der Waals surface area (Å²) in [5.41, 5.74) is 0.669. The predicted octanol–water partition coefficient (Wildman–Crippen LogP) is 3.00. The number of sulfonamides is 1. The van der Waals surface area contributed by atoms with Crippen LogP contribution in [0.15, 0.2) is 27.1 Å². The molecule has 1 aromatic rings. The van der Waals surface area contributed by atoms with E-state index in [4.69, 9.17) is 4.74 Å². The Hall–Kier alpha value is -0.880. The summed E-state index contributed by atoms with van der Waals surface area (Å²) < 4.78 is 32.3. The molecule has 0 unspecified atom stereocenters. The van der Waals surface area contributed by atoms with Crippen LogP contribution in [0, 0.1) is 0 Å². The average molecular weight is 334 g/mol. The maximum absolute atomic E-state index is 11.8. The lowest BCUT2D eigenvalue weighted by molar-refractivity contribution is 0.412. The van der Waals surface area contributed by atoms with Crippen molar-refractivity contribution in [1.29, 1.82) is 0 Å². The van der Waals surface area contributed by atoms with Gasteiger partial charge in [0.05, 0.1) is 16.3 Å². The number of rotatable bonds is 3. The predicted molar refractivity (Wildman–Crippen MR) is 77.0 cm³/mol.